The fourth-order valence-electron chi connectivity index (χ4n) is 3.47. The summed E-state index contributed by atoms with van der Waals surface area (Å²) in [4.78, 5) is 19.4. The topological polar surface area (TPSA) is 69.0 Å². The molecule has 1 unspecified atom stereocenters. The average Bonchev–Trinajstić information content (AvgIpc) is 3.34. The highest BCUT2D eigenvalue weighted by Gasteiger charge is 2.27. The standard InChI is InChI=1S/C13H17NO2.C9H10ClN3/c1-9(11-7-13(15)14-8-11)10-3-5-12(16-2)6-4-10;1-6(2)13-5-12-7-3-9(10)11-4-8(7)13/h3-6,9,11H,7-8H2,1-2H3,(H,14,15);3-6H,1-2H3/t9-,11?;/m0./s1. The Balaban J connectivity index is 0.000000169. The Morgan fingerprint density at radius 1 is 1.21 bits per heavy atom. The minimum absolute atomic E-state index is 0.172. The summed E-state index contributed by atoms with van der Waals surface area (Å²) in [7, 11) is 1.66. The lowest BCUT2D eigenvalue weighted by Crippen LogP contribution is -2.16. The van der Waals surface area contributed by atoms with E-state index in [4.69, 9.17) is 16.3 Å². The molecule has 1 saturated heterocycles. The van der Waals surface area contributed by atoms with Gasteiger partial charge in [0.1, 0.15) is 10.9 Å². The second-order valence-electron chi connectivity index (χ2n) is 7.57. The molecule has 1 amide bonds. The summed E-state index contributed by atoms with van der Waals surface area (Å²) in [6.07, 6.45) is 4.21. The zero-order valence-corrected chi connectivity index (χ0v) is 18.0. The lowest BCUT2D eigenvalue weighted by atomic mass is 9.87. The Morgan fingerprint density at radius 3 is 2.52 bits per heavy atom. The summed E-state index contributed by atoms with van der Waals surface area (Å²) < 4.78 is 7.19. The molecule has 3 heterocycles. The van der Waals surface area contributed by atoms with E-state index < -0.39 is 0 Å². The summed E-state index contributed by atoms with van der Waals surface area (Å²) in [5, 5.41) is 3.37. The van der Waals surface area contributed by atoms with Crippen molar-refractivity contribution in [3.8, 4) is 5.75 Å². The highest BCUT2D eigenvalue weighted by Crippen LogP contribution is 2.29. The van der Waals surface area contributed by atoms with Crippen molar-refractivity contribution in [3.63, 3.8) is 0 Å². The van der Waals surface area contributed by atoms with Crippen molar-refractivity contribution in [3.05, 3.63) is 53.6 Å². The summed E-state index contributed by atoms with van der Waals surface area (Å²) in [5.74, 6) is 1.87. The third-order valence-electron chi connectivity index (χ3n) is 5.34. The monoisotopic (exact) mass is 414 g/mol. The van der Waals surface area contributed by atoms with E-state index in [9.17, 15) is 4.79 Å². The Kier molecular flexibility index (Phi) is 6.75. The molecule has 0 bridgehead atoms. The van der Waals surface area contributed by atoms with Crippen molar-refractivity contribution in [2.45, 2.75) is 39.2 Å². The number of amides is 1. The molecule has 1 N–H and O–H groups in total. The quantitative estimate of drug-likeness (QED) is 0.633. The summed E-state index contributed by atoms with van der Waals surface area (Å²) >= 11 is 5.75. The number of nitrogens with zero attached hydrogens (tertiary/aromatic N) is 3. The Labute approximate surface area is 176 Å². The van der Waals surface area contributed by atoms with Crippen LogP contribution in [0.15, 0.2) is 42.9 Å². The van der Waals surface area contributed by atoms with Crippen molar-refractivity contribution in [1.82, 2.24) is 19.9 Å². The van der Waals surface area contributed by atoms with Gasteiger partial charge < -0.3 is 14.6 Å². The molecular weight excluding hydrogens is 388 g/mol. The van der Waals surface area contributed by atoms with Crippen LogP contribution < -0.4 is 10.1 Å². The van der Waals surface area contributed by atoms with Gasteiger partial charge in [0, 0.05) is 25.1 Å². The van der Waals surface area contributed by atoms with Gasteiger partial charge in [-0.05, 0) is 43.4 Å². The van der Waals surface area contributed by atoms with Crippen LogP contribution in [0.25, 0.3) is 11.0 Å². The van der Waals surface area contributed by atoms with Crippen molar-refractivity contribution in [1.29, 1.82) is 0 Å². The molecule has 0 radical (unpaired) electrons. The van der Waals surface area contributed by atoms with Gasteiger partial charge in [-0.1, -0.05) is 30.7 Å². The number of hydrogen-bond donors (Lipinski definition) is 1. The van der Waals surface area contributed by atoms with Gasteiger partial charge in [0.05, 0.1) is 30.7 Å². The van der Waals surface area contributed by atoms with Crippen LogP contribution >= 0.6 is 11.6 Å². The fourth-order valence-corrected chi connectivity index (χ4v) is 3.63. The molecule has 1 aromatic carbocycles. The zero-order chi connectivity index (χ0) is 21.0. The predicted octanol–water partition coefficient (Wildman–Crippen LogP) is 4.60. The van der Waals surface area contributed by atoms with Crippen LogP contribution in [-0.2, 0) is 4.79 Å². The number of fused-ring (bicyclic) bond motifs is 1. The molecule has 0 spiro atoms. The number of nitrogens with one attached hydrogen (secondary N) is 1. The molecule has 2 aromatic heterocycles. The average molecular weight is 415 g/mol. The van der Waals surface area contributed by atoms with Crippen LogP contribution in [0.1, 0.15) is 44.7 Å². The van der Waals surface area contributed by atoms with Gasteiger partial charge >= 0.3 is 0 Å². The molecule has 2 atom stereocenters. The molecule has 29 heavy (non-hydrogen) atoms. The molecule has 6 nitrogen and oxygen atoms in total. The third-order valence-corrected chi connectivity index (χ3v) is 5.55. The van der Waals surface area contributed by atoms with Crippen LogP contribution in [0.3, 0.4) is 0 Å². The molecule has 1 fully saturated rings. The Morgan fingerprint density at radius 2 is 1.93 bits per heavy atom. The number of pyridine rings is 1. The second kappa shape index (κ2) is 9.27. The first-order chi connectivity index (χ1) is 13.9. The molecular formula is C22H27ClN4O2. The fraction of sp³-hybridized carbons (Fsp3) is 0.409. The molecule has 1 aliphatic rings. The Bertz CT molecular complexity index is 969. The number of ether oxygens (including phenoxy) is 1. The first-order valence-electron chi connectivity index (χ1n) is 9.77. The van der Waals surface area contributed by atoms with Crippen molar-refractivity contribution >= 4 is 28.5 Å². The third kappa shape index (κ3) is 5.07. The Hall–Kier alpha value is -2.60. The van der Waals surface area contributed by atoms with E-state index in [1.165, 1.54) is 5.56 Å². The van der Waals surface area contributed by atoms with E-state index in [2.05, 4.69) is 52.8 Å². The maximum atomic E-state index is 11.2. The molecule has 4 rings (SSSR count). The maximum absolute atomic E-state index is 11.2. The van der Waals surface area contributed by atoms with Crippen molar-refractivity contribution < 1.29 is 9.53 Å². The van der Waals surface area contributed by atoms with Gasteiger partial charge in [0.2, 0.25) is 5.91 Å². The van der Waals surface area contributed by atoms with Gasteiger partial charge in [-0.15, -0.1) is 0 Å². The number of carbonyl (C=O) groups excluding carboxylic acids is 1. The zero-order valence-electron chi connectivity index (χ0n) is 17.2. The van der Waals surface area contributed by atoms with E-state index in [0.29, 0.717) is 29.5 Å². The number of imidazole rings is 1. The van der Waals surface area contributed by atoms with E-state index in [1.54, 1.807) is 19.4 Å². The van der Waals surface area contributed by atoms with Crippen LogP contribution in [0.5, 0.6) is 5.75 Å². The number of carbonyl (C=O) groups is 1. The number of aromatic nitrogens is 3. The number of hydrogen-bond acceptors (Lipinski definition) is 4. The van der Waals surface area contributed by atoms with Gasteiger partial charge in [-0.2, -0.15) is 0 Å². The second-order valence-corrected chi connectivity index (χ2v) is 7.96. The SMILES string of the molecule is CC(C)n1cnc2cc(Cl)ncc21.COc1ccc([C@H](C)C2CNC(=O)C2)cc1. The highest BCUT2D eigenvalue weighted by molar-refractivity contribution is 6.29. The first-order valence-corrected chi connectivity index (χ1v) is 10.2. The minimum atomic E-state index is 0.172. The maximum Gasteiger partial charge on any atom is 0.220 e. The lowest BCUT2D eigenvalue weighted by molar-refractivity contribution is -0.119. The first kappa shape index (κ1) is 21.1. The molecule has 0 aliphatic carbocycles. The highest BCUT2D eigenvalue weighted by atomic mass is 35.5. The van der Waals surface area contributed by atoms with Crippen LogP contribution in [0.2, 0.25) is 5.15 Å². The number of rotatable bonds is 4. The number of methoxy groups -OCH3 is 1. The van der Waals surface area contributed by atoms with E-state index in [1.807, 2.05) is 18.5 Å². The lowest BCUT2D eigenvalue weighted by Gasteiger charge is -2.17. The van der Waals surface area contributed by atoms with Crippen LogP contribution in [-0.4, -0.2) is 34.1 Å². The minimum Gasteiger partial charge on any atom is -0.497 e. The van der Waals surface area contributed by atoms with Gasteiger partial charge in [0.15, 0.2) is 0 Å². The van der Waals surface area contributed by atoms with Crippen molar-refractivity contribution in [2.75, 3.05) is 13.7 Å². The number of benzene rings is 1. The molecule has 1 aliphatic heterocycles. The van der Waals surface area contributed by atoms with Gasteiger partial charge in [0.25, 0.3) is 0 Å². The molecule has 154 valence electrons. The van der Waals surface area contributed by atoms with E-state index in [0.717, 1.165) is 23.3 Å². The summed E-state index contributed by atoms with van der Waals surface area (Å²) in [6, 6.07) is 10.3. The number of halogens is 1. The van der Waals surface area contributed by atoms with Gasteiger partial charge in [-0.3, -0.25) is 4.79 Å². The molecule has 3 aromatic rings. The predicted molar refractivity (Wildman–Crippen MR) is 115 cm³/mol. The largest absolute Gasteiger partial charge is 0.497 e. The summed E-state index contributed by atoms with van der Waals surface area (Å²) in [5.41, 5.74) is 3.19. The van der Waals surface area contributed by atoms with E-state index in [-0.39, 0.29) is 5.91 Å². The molecule has 7 heteroatoms. The van der Waals surface area contributed by atoms with Crippen LogP contribution in [0, 0.1) is 5.92 Å². The summed E-state index contributed by atoms with van der Waals surface area (Å²) in [6.45, 7) is 7.18. The molecule has 0 saturated carbocycles. The normalized spacial score (nSPS) is 17.0. The smallest absolute Gasteiger partial charge is 0.220 e. The van der Waals surface area contributed by atoms with Crippen LogP contribution in [0.4, 0.5) is 0 Å². The van der Waals surface area contributed by atoms with E-state index >= 15 is 0 Å². The van der Waals surface area contributed by atoms with Gasteiger partial charge in [-0.25, -0.2) is 9.97 Å². The van der Waals surface area contributed by atoms with Crippen molar-refractivity contribution in [2.24, 2.45) is 5.92 Å².